The summed E-state index contributed by atoms with van der Waals surface area (Å²) in [6.07, 6.45) is 0. The summed E-state index contributed by atoms with van der Waals surface area (Å²) in [5.74, 6) is 4.61. The van der Waals surface area contributed by atoms with Crippen molar-refractivity contribution in [2.24, 2.45) is 11.5 Å². The topological polar surface area (TPSA) is 92.7 Å². The third-order valence-electron chi connectivity index (χ3n) is 3.34. The van der Waals surface area contributed by atoms with E-state index in [9.17, 15) is 9.59 Å². The summed E-state index contributed by atoms with van der Waals surface area (Å²) < 4.78 is 0. The number of rotatable bonds is 7. The van der Waals surface area contributed by atoms with Crippen LogP contribution in [0.2, 0.25) is 0 Å². The average Bonchev–Trinajstić information content (AvgIpc) is 3.22. The van der Waals surface area contributed by atoms with E-state index >= 15 is 0 Å². The highest BCUT2D eigenvalue weighted by Gasteiger charge is 2.25. The molecule has 2 aliphatic rings. The van der Waals surface area contributed by atoms with Crippen LogP contribution in [0.1, 0.15) is 0 Å². The van der Waals surface area contributed by atoms with Crippen LogP contribution in [0.15, 0.2) is 0 Å². The second kappa shape index (κ2) is 9.53. The van der Waals surface area contributed by atoms with Gasteiger partial charge in [0.1, 0.15) is 0 Å². The lowest BCUT2D eigenvalue weighted by Crippen LogP contribution is -2.44. The number of hydrogen-bond donors (Lipinski definition) is 2. The van der Waals surface area contributed by atoms with Crippen LogP contribution in [0.3, 0.4) is 0 Å². The molecule has 2 atom stereocenters. The smallest absolute Gasteiger partial charge is 0.241 e. The van der Waals surface area contributed by atoms with E-state index in [4.69, 9.17) is 11.5 Å². The lowest BCUT2D eigenvalue weighted by atomic mass is 10.3. The van der Waals surface area contributed by atoms with Crippen LogP contribution in [0.4, 0.5) is 0 Å². The highest BCUT2D eigenvalue weighted by atomic mass is 33.1. The first-order valence-corrected chi connectivity index (χ1v) is 11.9. The van der Waals surface area contributed by atoms with Gasteiger partial charge in [-0.25, -0.2) is 0 Å². The molecule has 0 radical (unpaired) electrons. The summed E-state index contributed by atoms with van der Waals surface area (Å²) >= 11 is 3.51. The van der Waals surface area contributed by atoms with E-state index in [2.05, 4.69) is 0 Å². The highest BCUT2D eigenvalue weighted by Crippen LogP contribution is 2.24. The van der Waals surface area contributed by atoms with Gasteiger partial charge in [-0.2, -0.15) is 0 Å². The first-order chi connectivity index (χ1) is 10.6. The van der Waals surface area contributed by atoms with E-state index < -0.39 is 12.1 Å². The Morgan fingerprint density at radius 1 is 0.909 bits per heavy atom. The molecule has 0 aliphatic carbocycles. The zero-order valence-corrected chi connectivity index (χ0v) is 15.6. The Hall–Kier alpha value is 0.260. The summed E-state index contributed by atoms with van der Waals surface area (Å²) in [7, 11) is 3.04. The fourth-order valence-electron chi connectivity index (χ4n) is 2.03. The SMILES string of the molecule is N[C@@H](CSSC[C@H](N)C(=O)N1CCSC1)C(=O)N1CCSC1. The van der Waals surface area contributed by atoms with E-state index in [1.165, 1.54) is 21.6 Å². The van der Waals surface area contributed by atoms with E-state index in [1.54, 1.807) is 33.3 Å². The summed E-state index contributed by atoms with van der Waals surface area (Å²) in [5, 5.41) is 0. The Bertz CT molecular complexity index is 353. The van der Waals surface area contributed by atoms with Gasteiger partial charge < -0.3 is 21.3 Å². The number of nitrogens with zero attached hydrogens (tertiary/aromatic N) is 2. The van der Waals surface area contributed by atoms with Crippen LogP contribution in [-0.2, 0) is 9.59 Å². The predicted molar refractivity (Wildman–Crippen MR) is 98.9 cm³/mol. The van der Waals surface area contributed by atoms with E-state index in [0.29, 0.717) is 11.5 Å². The number of hydrogen-bond acceptors (Lipinski definition) is 8. The minimum absolute atomic E-state index is 0.0209. The second-order valence-corrected chi connectivity index (χ2v) is 9.76. The first-order valence-electron chi connectivity index (χ1n) is 7.08. The summed E-state index contributed by atoms with van der Waals surface area (Å²) in [5.41, 5.74) is 11.9. The molecular formula is C12H22N4O2S4. The molecule has 2 fully saturated rings. The third-order valence-corrected chi connectivity index (χ3v) is 7.75. The Morgan fingerprint density at radius 2 is 1.32 bits per heavy atom. The molecule has 126 valence electrons. The van der Waals surface area contributed by atoms with Gasteiger partial charge in [0, 0.05) is 36.1 Å². The molecule has 2 rings (SSSR count). The number of carbonyl (C=O) groups excluding carboxylic acids is 2. The normalized spacial score (nSPS) is 21.2. The molecule has 0 saturated carbocycles. The molecule has 4 N–H and O–H groups in total. The van der Waals surface area contributed by atoms with Crippen molar-refractivity contribution in [3.8, 4) is 0 Å². The van der Waals surface area contributed by atoms with Crippen molar-refractivity contribution in [1.82, 2.24) is 9.80 Å². The van der Waals surface area contributed by atoms with Crippen LogP contribution >= 0.6 is 45.1 Å². The molecule has 22 heavy (non-hydrogen) atoms. The van der Waals surface area contributed by atoms with E-state index in [-0.39, 0.29) is 11.8 Å². The van der Waals surface area contributed by atoms with Crippen LogP contribution in [0.25, 0.3) is 0 Å². The lowest BCUT2D eigenvalue weighted by molar-refractivity contribution is -0.131. The van der Waals surface area contributed by atoms with Gasteiger partial charge in [0.05, 0.1) is 23.8 Å². The molecule has 0 aromatic rings. The third kappa shape index (κ3) is 5.41. The molecule has 2 aliphatic heterocycles. The van der Waals surface area contributed by atoms with Crippen molar-refractivity contribution in [2.75, 3.05) is 47.9 Å². The summed E-state index contributed by atoms with van der Waals surface area (Å²) in [6.45, 7) is 1.59. The Balaban J connectivity index is 1.59. The predicted octanol–water partition coefficient (Wildman–Crippen LogP) is 0.0882. The van der Waals surface area contributed by atoms with Gasteiger partial charge in [-0.05, 0) is 0 Å². The molecule has 2 amide bonds. The maximum absolute atomic E-state index is 12.0. The molecule has 2 saturated heterocycles. The molecule has 2 heterocycles. The van der Waals surface area contributed by atoms with Gasteiger partial charge >= 0.3 is 0 Å². The average molecular weight is 383 g/mol. The van der Waals surface area contributed by atoms with Gasteiger partial charge in [-0.1, -0.05) is 21.6 Å². The van der Waals surface area contributed by atoms with Crippen molar-refractivity contribution in [2.45, 2.75) is 12.1 Å². The fraction of sp³-hybridized carbons (Fsp3) is 0.833. The van der Waals surface area contributed by atoms with Gasteiger partial charge in [-0.15, -0.1) is 23.5 Å². The van der Waals surface area contributed by atoms with E-state index in [1.807, 2.05) is 0 Å². The molecule has 10 heteroatoms. The Labute approximate surface area is 147 Å². The Morgan fingerprint density at radius 3 is 1.64 bits per heavy atom. The van der Waals surface area contributed by atoms with Crippen molar-refractivity contribution in [3.63, 3.8) is 0 Å². The standard InChI is InChI=1S/C12H22N4O2S4/c13-9(11(17)15-1-3-19-7-15)5-21-22-6-10(14)12(18)16-2-4-20-8-16/h9-10H,1-8,13-14H2/t9-,10-/m0/s1. The van der Waals surface area contributed by atoms with Crippen molar-refractivity contribution in [1.29, 1.82) is 0 Å². The number of nitrogens with two attached hydrogens (primary N) is 2. The molecule has 0 spiro atoms. The molecule has 0 unspecified atom stereocenters. The maximum atomic E-state index is 12.0. The molecule has 6 nitrogen and oxygen atoms in total. The lowest BCUT2D eigenvalue weighted by Gasteiger charge is -2.20. The van der Waals surface area contributed by atoms with E-state index in [0.717, 1.165) is 36.3 Å². The van der Waals surface area contributed by atoms with Gasteiger partial charge in [0.2, 0.25) is 11.8 Å². The van der Waals surface area contributed by atoms with Crippen molar-refractivity contribution < 1.29 is 9.59 Å². The van der Waals surface area contributed by atoms with Crippen molar-refractivity contribution >= 4 is 56.9 Å². The molecule has 0 aromatic heterocycles. The quantitative estimate of drug-likeness (QED) is 0.473. The van der Waals surface area contributed by atoms with Gasteiger partial charge in [-0.3, -0.25) is 9.59 Å². The van der Waals surface area contributed by atoms with Crippen LogP contribution in [0.5, 0.6) is 0 Å². The fourth-order valence-corrected chi connectivity index (χ4v) is 6.17. The van der Waals surface area contributed by atoms with Gasteiger partial charge in [0.25, 0.3) is 0 Å². The number of amides is 2. The van der Waals surface area contributed by atoms with Crippen molar-refractivity contribution in [3.05, 3.63) is 0 Å². The zero-order valence-electron chi connectivity index (χ0n) is 12.3. The summed E-state index contributed by atoms with van der Waals surface area (Å²) in [4.78, 5) is 27.7. The summed E-state index contributed by atoms with van der Waals surface area (Å²) in [6, 6.07) is -0.948. The monoisotopic (exact) mass is 382 g/mol. The van der Waals surface area contributed by atoms with Crippen LogP contribution in [-0.4, -0.2) is 81.6 Å². The largest absolute Gasteiger partial charge is 0.331 e. The zero-order chi connectivity index (χ0) is 15.9. The molecule has 0 bridgehead atoms. The second-order valence-electron chi connectivity index (χ2n) is 5.06. The molecule has 0 aromatic carbocycles. The molecular weight excluding hydrogens is 360 g/mol. The number of thioether (sulfide) groups is 2. The Kier molecular flexibility index (Phi) is 8.06. The van der Waals surface area contributed by atoms with Crippen LogP contribution in [0, 0.1) is 0 Å². The first kappa shape index (κ1) is 18.6. The van der Waals surface area contributed by atoms with Gasteiger partial charge in [0.15, 0.2) is 0 Å². The minimum atomic E-state index is -0.474. The maximum Gasteiger partial charge on any atom is 0.241 e. The highest BCUT2D eigenvalue weighted by molar-refractivity contribution is 8.76. The minimum Gasteiger partial charge on any atom is -0.331 e. The number of carbonyl (C=O) groups is 2. The van der Waals surface area contributed by atoms with Crippen LogP contribution < -0.4 is 11.5 Å².